The molecule has 0 saturated carbocycles. The summed E-state index contributed by atoms with van der Waals surface area (Å²) in [5.41, 5.74) is 0. The minimum atomic E-state index is -0.756. The van der Waals surface area contributed by atoms with Crippen molar-refractivity contribution in [2.75, 3.05) is 5.75 Å². The fraction of sp³-hybridized carbons (Fsp3) is 0.800. The third-order valence-electron chi connectivity index (χ3n) is 1.33. The van der Waals surface area contributed by atoms with Gasteiger partial charge < -0.3 is 0 Å². The highest BCUT2D eigenvalue weighted by molar-refractivity contribution is 8.04. The van der Waals surface area contributed by atoms with Gasteiger partial charge in [0.2, 0.25) is 0 Å². The van der Waals surface area contributed by atoms with Gasteiger partial charge in [0.25, 0.3) is 0 Å². The Labute approximate surface area is 88.8 Å². The van der Waals surface area contributed by atoms with Crippen LogP contribution >= 0.6 is 11.8 Å². The van der Waals surface area contributed by atoms with Gasteiger partial charge >= 0.3 is 0 Å². The van der Waals surface area contributed by atoms with Crippen molar-refractivity contribution in [3.05, 3.63) is 10.8 Å². The molecular formula is C10H20OS2. The Balaban J connectivity index is 3.66. The standard InChI is InChI=1S/C10H20OS2/c1-5-6-8-13(11)9-7-12-10(2,3)4/h7,9H,5-6,8H2,1-4H3/b9-7+/t13-/m0/s1. The van der Waals surface area contributed by atoms with Gasteiger partial charge in [-0.05, 0) is 11.8 Å². The van der Waals surface area contributed by atoms with Crippen molar-refractivity contribution in [2.24, 2.45) is 0 Å². The quantitative estimate of drug-likeness (QED) is 0.705. The molecule has 0 unspecified atom stereocenters. The minimum Gasteiger partial charge on any atom is -0.255 e. The van der Waals surface area contributed by atoms with Gasteiger partial charge in [0, 0.05) is 26.7 Å². The van der Waals surface area contributed by atoms with Crippen molar-refractivity contribution in [1.82, 2.24) is 0 Å². The highest BCUT2D eigenvalue weighted by Crippen LogP contribution is 2.24. The first-order chi connectivity index (χ1) is 5.95. The van der Waals surface area contributed by atoms with E-state index in [1.165, 1.54) is 0 Å². The SMILES string of the molecule is CCCC[S@](=O)/C=C/SC(C)(C)C. The van der Waals surface area contributed by atoms with Crippen molar-refractivity contribution in [2.45, 2.75) is 45.3 Å². The molecule has 3 heteroatoms. The van der Waals surface area contributed by atoms with Gasteiger partial charge in [-0.1, -0.05) is 34.1 Å². The molecule has 0 rings (SSSR count). The van der Waals surface area contributed by atoms with Crippen LogP contribution in [-0.2, 0) is 10.8 Å². The largest absolute Gasteiger partial charge is 0.255 e. The van der Waals surface area contributed by atoms with Gasteiger partial charge in [-0.3, -0.25) is 4.21 Å². The van der Waals surface area contributed by atoms with Crippen molar-refractivity contribution in [3.63, 3.8) is 0 Å². The molecule has 13 heavy (non-hydrogen) atoms. The lowest BCUT2D eigenvalue weighted by Crippen LogP contribution is -2.04. The normalized spacial score (nSPS) is 15.1. The van der Waals surface area contributed by atoms with Crippen LogP contribution in [0.5, 0.6) is 0 Å². The Morgan fingerprint density at radius 1 is 1.38 bits per heavy atom. The molecule has 0 aromatic carbocycles. The van der Waals surface area contributed by atoms with Gasteiger partial charge in [-0.25, -0.2) is 0 Å². The Bertz CT molecular complexity index is 180. The third kappa shape index (κ3) is 10.2. The van der Waals surface area contributed by atoms with Gasteiger partial charge in [-0.15, -0.1) is 11.8 Å². The molecule has 0 spiro atoms. The lowest BCUT2D eigenvalue weighted by atomic mass is 10.3. The molecule has 1 atom stereocenters. The molecule has 0 aromatic heterocycles. The van der Waals surface area contributed by atoms with Crippen LogP contribution in [0.25, 0.3) is 0 Å². The summed E-state index contributed by atoms with van der Waals surface area (Å²) in [6, 6.07) is 0. The first-order valence-electron chi connectivity index (χ1n) is 4.67. The fourth-order valence-electron chi connectivity index (χ4n) is 0.649. The highest BCUT2D eigenvalue weighted by atomic mass is 32.2. The van der Waals surface area contributed by atoms with Crippen LogP contribution in [0.1, 0.15) is 40.5 Å². The number of hydrogen-bond donors (Lipinski definition) is 0. The van der Waals surface area contributed by atoms with Crippen LogP contribution in [0, 0.1) is 0 Å². The molecule has 0 radical (unpaired) electrons. The highest BCUT2D eigenvalue weighted by Gasteiger charge is 2.07. The van der Waals surface area contributed by atoms with Crippen LogP contribution in [0.4, 0.5) is 0 Å². The molecular weight excluding hydrogens is 200 g/mol. The van der Waals surface area contributed by atoms with E-state index in [4.69, 9.17) is 0 Å². The molecule has 0 aliphatic carbocycles. The predicted molar refractivity (Wildman–Crippen MR) is 64.4 cm³/mol. The summed E-state index contributed by atoms with van der Waals surface area (Å²) in [5, 5.41) is 3.78. The summed E-state index contributed by atoms with van der Waals surface area (Å²) in [4.78, 5) is 0. The van der Waals surface area contributed by atoms with E-state index in [1.807, 2.05) is 10.8 Å². The number of unbranched alkanes of at least 4 members (excludes halogenated alkanes) is 1. The fourth-order valence-corrected chi connectivity index (χ4v) is 2.48. The number of hydrogen-bond acceptors (Lipinski definition) is 2. The second-order valence-electron chi connectivity index (χ2n) is 3.94. The van der Waals surface area contributed by atoms with Gasteiger partial charge in [-0.2, -0.15) is 0 Å². The molecule has 0 heterocycles. The second kappa shape index (κ2) is 6.66. The van der Waals surface area contributed by atoms with E-state index in [0.29, 0.717) is 0 Å². The van der Waals surface area contributed by atoms with E-state index in [2.05, 4.69) is 27.7 Å². The van der Waals surface area contributed by atoms with Gasteiger partial charge in [0.05, 0.1) is 0 Å². The Kier molecular flexibility index (Phi) is 6.78. The Hall–Kier alpha value is 0.240. The summed E-state index contributed by atoms with van der Waals surface area (Å²) >= 11 is 1.72. The van der Waals surface area contributed by atoms with Crippen LogP contribution in [0.15, 0.2) is 10.8 Å². The zero-order chi connectivity index (χ0) is 10.3. The molecule has 0 aromatic rings. The summed E-state index contributed by atoms with van der Waals surface area (Å²) in [6.07, 6.45) is 2.17. The lowest BCUT2D eigenvalue weighted by molar-refractivity contribution is 0.685. The number of thioether (sulfide) groups is 1. The van der Waals surface area contributed by atoms with E-state index >= 15 is 0 Å². The Morgan fingerprint density at radius 3 is 2.46 bits per heavy atom. The minimum absolute atomic E-state index is 0.228. The van der Waals surface area contributed by atoms with Gasteiger partial charge in [0.15, 0.2) is 0 Å². The van der Waals surface area contributed by atoms with E-state index in [-0.39, 0.29) is 4.75 Å². The molecule has 0 bridgehead atoms. The monoisotopic (exact) mass is 220 g/mol. The average Bonchev–Trinajstić information content (AvgIpc) is 1.98. The van der Waals surface area contributed by atoms with E-state index in [1.54, 1.807) is 11.8 Å². The maximum Gasteiger partial charge on any atom is 0.0461 e. The molecule has 0 fully saturated rings. The van der Waals surface area contributed by atoms with Crippen molar-refractivity contribution >= 4 is 22.6 Å². The second-order valence-corrected chi connectivity index (χ2v) is 7.12. The van der Waals surface area contributed by atoms with Crippen LogP contribution in [-0.4, -0.2) is 14.7 Å². The first kappa shape index (κ1) is 13.2. The summed E-state index contributed by atoms with van der Waals surface area (Å²) in [5.74, 6) is 0.803. The van der Waals surface area contributed by atoms with Crippen molar-refractivity contribution in [1.29, 1.82) is 0 Å². The first-order valence-corrected chi connectivity index (χ1v) is 6.93. The molecule has 78 valence electrons. The third-order valence-corrected chi connectivity index (χ3v) is 3.61. The topological polar surface area (TPSA) is 17.1 Å². The van der Waals surface area contributed by atoms with E-state index < -0.39 is 10.8 Å². The van der Waals surface area contributed by atoms with Crippen molar-refractivity contribution in [3.8, 4) is 0 Å². The molecule has 0 N–H and O–H groups in total. The molecule has 0 amide bonds. The smallest absolute Gasteiger partial charge is 0.0461 e. The van der Waals surface area contributed by atoms with Crippen molar-refractivity contribution < 1.29 is 4.21 Å². The van der Waals surface area contributed by atoms with Gasteiger partial charge in [0.1, 0.15) is 0 Å². The van der Waals surface area contributed by atoms with E-state index in [0.717, 1.165) is 18.6 Å². The zero-order valence-corrected chi connectivity index (χ0v) is 10.6. The van der Waals surface area contributed by atoms with E-state index in [9.17, 15) is 4.21 Å². The average molecular weight is 220 g/mol. The zero-order valence-electron chi connectivity index (χ0n) is 9.00. The Morgan fingerprint density at radius 2 is 2.00 bits per heavy atom. The predicted octanol–water partition coefficient (Wildman–Crippen LogP) is 3.54. The molecule has 0 saturated heterocycles. The lowest BCUT2D eigenvalue weighted by Gasteiger charge is -2.13. The maximum absolute atomic E-state index is 11.3. The molecule has 0 aliphatic heterocycles. The van der Waals surface area contributed by atoms with Crippen LogP contribution in [0.2, 0.25) is 0 Å². The molecule has 0 aliphatic rings. The summed E-state index contributed by atoms with van der Waals surface area (Å²) in [7, 11) is -0.756. The molecule has 1 nitrogen and oxygen atoms in total. The summed E-state index contributed by atoms with van der Waals surface area (Å²) < 4.78 is 11.5. The number of rotatable bonds is 5. The van der Waals surface area contributed by atoms with Crippen LogP contribution < -0.4 is 0 Å². The summed E-state index contributed by atoms with van der Waals surface area (Å²) in [6.45, 7) is 8.57. The maximum atomic E-state index is 11.3. The van der Waals surface area contributed by atoms with Crippen LogP contribution in [0.3, 0.4) is 0 Å².